The zero-order chi connectivity index (χ0) is 16.2. The minimum Gasteiger partial charge on any atom is -0.479 e. The number of fused-ring (bicyclic) bond motifs is 2. The molecule has 1 saturated heterocycles. The summed E-state index contributed by atoms with van der Waals surface area (Å²) >= 11 is 0. The fourth-order valence-electron chi connectivity index (χ4n) is 4.16. The molecule has 1 aliphatic heterocycles. The summed E-state index contributed by atoms with van der Waals surface area (Å²) in [5.41, 5.74) is 2.94. The van der Waals surface area contributed by atoms with E-state index in [1.807, 2.05) is 20.0 Å². The topological polar surface area (TPSA) is 69.3 Å². The Hall–Kier alpha value is -1.66. The van der Waals surface area contributed by atoms with Crippen molar-refractivity contribution in [3.8, 4) is 5.88 Å². The number of aromatic amines is 1. The van der Waals surface area contributed by atoms with Gasteiger partial charge in [0.25, 0.3) is 0 Å². The van der Waals surface area contributed by atoms with Gasteiger partial charge < -0.3 is 19.2 Å². The van der Waals surface area contributed by atoms with Gasteiger partial charge in [-0.3, -0.25) is 0 Å². The molecule has 2 aliphatic rings. The molecule has 2 fully saturated rings. The lowest BCUT2D eigenvalue weighted by atomic mass is 9.95. The lowest BCUT2D eigenvalue weighted by Crippen LogP contribution is -2.24. The first-order chi connectivity index (χ1) is 11.0. The third-order valence-electron chi connectivity index (χ3n) is 5.16. The maximum Gasteiger partial charge on any atom is 0.241 e. The summed E-state index contributed by atoms with van der Waals surface area (Å²) in [6, 6.07) is 0. The van der Waals surface area contributed by atoms with Crippen molar-refractivity contribution in [3.63, 3.8) is 0 Å². The number of methoxy groups -OCH3 is 1. The van der Waals surface area contributed by atoms with Gasteiger partial charge in [0.15, 0.2) is 5.79 Å². The Morgan fingerprint density at radius 3 is 2.83 bits per heavy atom. The summed E-state index contributed by atoms with van der Waals surface area (Å²) in [6.45, 7) is 6.21. The van der Waals surface area contributed by atoms with Crippen molar-refractivity contribution in [1.82, 2.24) is 15.0 Å². The number of nitrogens with one attached hydrogen (secondary N) is 1. The van der Waals surface area contributed by atoms with Crippen molar-refractivity contribution in [2.75, 3.05) is 7.11 Å². The SMILES string of the molecule is CC[C@H]1C[C@@H](c2c[nH]c3c(OC)ncnc23)[C@@H]2OC(C)(C)O[C@H]12. The summed E-state index contributed by atoms with van der Waals surface area (Å²) in [6.07, 6.45) is 5.97. The van der Waals surface area contributed by atoms with E-state index in [9.17, 15) is 0 Å². The molecule has 0 aromatic carbocycles. The second-order valence-corrected chi connectivity index (χ2v) is 6.93. The van der Waals surface area contributed by atoms with E-state index in [4.69, 9.17) is 14.2 Å². The van der Waals surface area contributed by atoms with E-state index in [0.717, 1.165) is 23.9 Å². The molecule has 6 nitrogen and oxygen atoms in total. The molecule has 1 saturated carbocycles. The first-order valence-corrected chi connectivity index (χ1v) is 8.25. The highest BCUT2D eigenvalue weighted by Gasteiger charge is 2.54. The molecule has 0 amide bonds. The van der Waals surface area contributed by atoms with Gasteiger partial charge in [0.2, 0.25) is 5.88 Å². The van der Waals surface area contributed by atoms with Gasteiger partial charge in [-0.2, -0.15) is 4.98 Å². The Balaban J connectivity index is 1.76. The Bertz CT molecular complexity index is 727. The molecule has 0 radical (unpaired) electrons. The van der Waals surface area contributed by atoms with Crippen LogP contribution < -0.4 is 4.74 Å². The van der Waals surface area contributed by atoms with Crippen molar-refractivity contribution in [1.29, 1.82) is 0 Å². The van der Waals surface area contributed by atoms with Crippen molar-refractivity contribution >= 4 is 11.0 Å². The number of H-pyrrole nitrogens is 1. The van der Waals surface area contributed by atoms with Crippen LogP contribution in [0.1, 0.15) is 45.1 Å². The summed E-state index contributed by atoms with van der Waals surface area (Å²) < 4.78 is 17.7. The van der Waals surface area contributed by atoms with Gasteiger partial charge in [-0.15, -0.1) is 0 Å². The van der Waals surface area contributed by atoms with Crippen LogP contribution in [0.15, 0.2) is 12.5 Å². The first kappa shape index (κ1) is 14.9. The fourth-order valence-corrected chi connectivity index (χ4v) is 4.16. The van der Waals surface area contributed by atoms with Crippen molar-refractivity contribution in [2.45, 2.75) is 57.5 Å². The Morgan fingerprint density at radius 2 is 2.09 bits per heavy atom. The zero-order valence-electron chi connectivity index (χ0n) is 14.0. The quantitative estimate of drug-likeness (QED) is 0.942. The molecule has 3 heterocycles. The van der Waals surface area contributed by atoms with E-state index < -0.39 is 5.79 Å². The smallest absolute Gasteiger partial charge is 0.241 e. The largest absolute Gasteiger partial charge is 0.479 e. The highest BCUT2D eigenvalue weighted by atomic mass is 16.8. The second kappa shape index (κ2) is 5.18. The second-order valence-electron chi connectivity index (χ2n) is 6.93. The molecular weight excluding hydrogens is 294 g/mol. The van der Waals surface area contributed by atoms with Gasteiger partial charge in [0, 0.05) is 17.7 Å². The molecule has 124 valence electrons. The third-order valence-corrected chi connectivity index (χ3v) is 5.16. The summed E-state index contributed by atoms with van der Waals surface area (Å²) in [7, 11) is 1.62. The van der Waals surface area contributed by atoms with E-state index in [-0.39, 0.29) is 18.1 Å². The molecule has 4 atom stereocenters. The number of nitrogens with zero attached hydrogens (tertiary/aromatic N) is 2. The van der Waals surface area contributed by atoms with Crippen LogP contribution in [-0.2, 0) is 9.47 Å². The van der Waals surface area contributed by atoms with E-state index in [1.54, 1.807) is 13.4 Å². The van der Waals surface area contributed by atoms with Gasteiger partial charge in [0.1, 0.15) is 11.8 Å². The summed E-state index contributed by atoms with van der Waals surface area (Å²) in [5, 5.41) is 0. The first-order valence-electron chi connectivity index (χ1n) is 8.25. The highest BCUT2D eigenvalue weighted by Crippen LogP contribution is 2.50. The molecule has 0 unspecified atom stereocenters. The molecule has 23 heavy (non-hydrogen) atoms. The van der Waals surface area contributed by atoms with Crippen molar-refractivity contribution in [2.24, 2.45) is 5.92 Å². The van der Waals surface area contributed by atoms with Crippen molar-refractivity contribution in [3.05, 3.63) is 18.1 Å². The summed E-state index contributed by atoms with van der Waals surface area (Å²) in [5.74, 6) is 0.854. The maximum absolute atomic E-state index is 6.24. The van der Waals surface area contributed by atoms with E-state index in [2.05, 4.69) is 21.9 Å². The Morgan fingerprint density at radius 1 is 1.30 bits per heavy atom. The average molecular weight is 317 g/mol. The van der Waals surface area contributed by atoms with Crippen LogP contribution in [0, 0.1) is 5.92 Å². The average Bonchev–Trinajstić information content (AvgIpc) is 3.17. The van der Waals surface area contributed by atoms with Crippen LogP contribution in [0.3, 0.4) is 0 Å². The normalized spacial score (nSPS) is 32.3. The predicted octanol–water partition coefficient (Wildman–Crippen LogP) is 3.00. The molecule has 0 bridgehead atoms. The zero-order valence-corrected chi connectivity index (χ0v) is 14.0. The number of hydrogen-bond donors (Lipinski definition) is 1. The molecular formula is C17H23N3O3. The number of ether oxygens (including phenoxy) is 3. The van der Waals surface area contributed by atoms with Crippen LogP contribution in [0.2, 0.25) is 0 Å². The lowest BCUT2D eigenvalue weighted by molar-refractivity contribution is -0.158. The van der Waals surface area contributed by atoms with Crippen LogP contribution in [0.4, 0.5) is 0 Å². The van der Waals surface area contributed by atoms with Crippen LogP contribution in [-0.4, -0.2) is 40.1 Å². The molecule has 2 aromatic rings. The van der Waals surface area contributed by atoms with Gasteiger partial charge in [-0.1, -0.05) is 13.3 Å². The molecule has 4 rings (SSSR count). The third kappa shape index (κ3) is 2.23. The summed E-state index contributed by atoms with van der Waals surface area (Å²) in [4.78, 5) is 11.9. The Kier molecular flexibility index (Phi) is 3.35. The predicted molar refractivity (Wildman–Crippen MR) is 85.4 cm³/mol. The monoisotopic (exact) mass is 317 g/mol. The highest BCUT2D eigenvalue weighted by molar-refractivity contribution is 5.83. The van der Waals surface area contributed by atoms with Gasteiger partial charge in [-0.05, 0) is 26.2 Å². The standard InChI is InChI=1S/C17H23N3O3/c1-5-9-6-10(15-14(9)22-17(2,3)23-15)11-7-18-13-12(11)19-8-20-16(13)21-4/h7-10,14-15,18H,5-6H2,1-4H3/t9-,10-,14+,15-/m0/s1. The van der Waals surface area contributed by atoms with Gasteiger partial charge in [-0.25, -0.2) is 4.98 Å². The van der Waals surface area contributed by atoms with Gasteiger partial charge >= 0.3 is 0 Å². The van der Waals surface area contributed by atoms with Crippen LogP contribution >= 0.6 is 0 Å². The molecule has 1 N–H and O–H groups in total. The molecule has 2 aromatic heterocycles. The lowest BCUT2D eigenvalue weighted by Gasteiger charge is -2.23. The Labute approximate surface area is 135 Å². The van der Waals surface area contributed by atoms with E-state index >= 15 is 0 Å². The number of rotatable bonds is 3. The molecule has 6 heteroatoms. The fraction of sp³-hybridized carbons (Fsp3) is 0.647. The van der Waals surface area contributed by atoms with Crippen LogP contribution in [0.25, 0.3) is 11.0 Å². The van der Waals surface area contributed by atoms with Crippen LogP contribution in [0.5, 0.6) is 5.88 Å². The van der Waals surface area contributed by atoms with E-state index in [1.165, 1.54) is 5.56 Å². The van der Waals surface area contributed by atoms with Crippen molar-refractivity contribution < 1.29 is 14.2 Å². The number of aromatic nitrogens is 3. The molecule has 0 spiro atoms. The van der Waals surface area contributed by atoms with Gasteiger partial charge in [0.05, 0.1) is 24.8 Å². The number of hydrogen-bond acceptors (Lipinski definition) is 5. The molecule has 1 aliphatic carbocycles. The van der Waals surface area contributed by atoms with E-state index in [0.29, 0.717) is 11.8 Å². The maximum atomic E-state index is 6.24. The minimum absolute atomic E-state index is 0.0786. The minimum atomic E-state index is -0.514.